The van der Waals surface area contributed by atoms with Gasteiger partial charge in [-0.2, -0.15) is 4.98 Å². The highest BCUT2D eigenvalue weighted by Gasteiger charge is 2.44. The van der Waals surface area contributed by atoms with E-state index in [1.165, 1.54) is 0 Å². The van der Waals surface area contributed by atoms with Crippen molar-refractivity contribution in [1.82, 2.24) is 10.1 Å². The first-order valence-corrected chi connectivity index (χ1v) is 7.04. The molecular weight excluding hydrogens is 246 g/mol. The maximum atomic E-state index is 6.22. The van der Waals surface area contributed by atoms with E-state index < -0.39 is 11.1 Å². The molecule has 1 saturated heterocycles. The van der Waals surface area contributed by atoms with Crippen molar-refractivity contribution in [3.05, 3.63) is 11.7 Å². The van der Waals surface area contributed by atoms with Crippen LogP contribution >= 0.6 is 0 Å². The Morgan fingerprint density at radius 1 is 1.26 bits per heavy atom. The van der Waals surface area contributed by atoms with Crippen molar-refractivity contribution in [2.24, 2.45) is 5.73 Å². The van der Waals surface area contributed by atoms with E-state index in [9.17, 15) is 0 Å². The average Bonchev–Trinajstić information content (AvgIpc) is 2.88. The molecule has 0 atom stereocenters. The van der Waals surface area contributed by atoms with Crippen molar-refractivity contribution >= 4 is 0 Å². The molecule has 106 valence electrons. The minimum atomic E-state index is -0.463. The molecule has 2 N–H and O–H groups in total. The molecule has 1 aliphatic carbocycles. The summed E-state index contributed by atoms with van der Waals surface area (Å²) in [6.07, 6.45) is 4.48. The molecule has 0 bridgehead atoms. The summed E-state index contributed by atoms with van der Waals surface area (Å²) in [4.78, 5) is 4.54. The summed E-state index contributed by atoms with van der Waals surface area (Å²) in [5.74, 6) is 1.18. The number of nitrogens with two attached hydrogens (primary N) is 1. The topological polar surface area (TPSA) is 83.4 Å². The number of ether oxygens (including phenoxy) is 2. The molecule has 0 aromatic carbocycles. The van der Waals surface area contributed by atoms with E-state index in [1.807, 2.05) is 6.92 Å². The number of hydrogen-bond donors (Lipinski definition) is 1. The van der Waals surface area contributed by atoms with Gasteiger partial charge < -0.3 is 19.7 Å². The zero-order valence-electron chi connectivity index (χ0n) is 11.4. The molecule has 19 heavy (non-hydrogen) atoms. The summed E-state index contributed by atoms with van der Waals surface area (Å²) < 4.78 is 16.7. The van der Waals surface area contributed by atoms with Crippen LogP contribution in [0.1, 0.15) is 50.7 Å². The molecule has 2 fully saturated rings. The zero-order valence-corrected chi connectivity index (χ0v) is 11.4. The predicted molar refractivity (Wildman–Crippen MR) is 67.4 cm³/mol. The number of hydrogen-bond acceptors (Lipinski definition) is 6. The summed E-state index contributed by atoms with van der Waals surface area (Å²) >= 11 is 0. The lowest BCUT2D eigenvalue weighted by Gasteiger charge is -2.35. The second kappa shape index (κ2) is 4.85. The summed E-state index contributed by atoms with van der Waals surface area (Å²) in [7, 11) is 0. The molecule has 6 nitrogen and oxygen atoms in total. The Morgan fingerprint density at radius 2 is 2.00 bits per heavy atom. The number of aromatic nitrogens is 2. The highest BCUT2D eigenvalue weighted by atomic mass is 16.5. The van der Waals surface area contributed by atoms with E-state index in [-0.39, 0.29) is 0 Å². The van der Waals surface area contributed by atoms with Gasteiger partial charge in [-0.25, -0.2) is 0 Å². The SMILES string of the molecule is CCOC1(c2noc(C3(N)CCC3)n2)CCOCC1. The van der Waals surface area contributed by atoms with Gasteiger partial charge in [0.1, 0.15) is 5.60 Å². The van der Waals surface area contributed by atoms with E-state index in [2.05, 4.69) is 10.1 Å². The van der Waals surface area contributed by atoms with Crippen LogP contribution in [0.4, 0.5) is 0 Å². The molecule has 0 spiro atoms. The monoisotopic (exact) mass is 267 g/mol. The van der Waals surface area contributed by atoms with Gasteiger partial charge in [0.2, 0.25) is 11.7 Å². The second-order valence-electron chi connectivity index (χ2n) is 5.47. The average molecular weight is 267 g/mol. The van der Waals surface area contributed by atoms with Gasteiger partial charge >= 0.3 is 0 Å². The normalized spacial score (nSPS) is 24.9. The van der Waals surface area contributed by atoms with Gasteiger partial charge in [-0.15, -0.1) is 0 Å². The van der Waals surface area contributed by atoms with Crippen molar-refractivity contribution in [3.63, 3.8) is 0 Å². The third-order valence-electron chi connectivity index (χ3n) is 4.23. The van der Waals surface area contributed by atoms with Gasteiger partial charge in [-0.05, 0) is 26.2 Å². The lowest BCUT2D eigenvalue weighted by Crippen LogP contribution is -2.44. The van der Waals surface area contributed by atoms with Gasteiger partial charge in [0.05, 0.1) is 5.54 Å². The largest absolute Gasteiger partial charge is 0.381 e. The third kappa shape index (κ3) is 2.17. The quantitative estimate of drug-likeness (QED) is 0.889. The molecule has 1 aliphatic heterocycles. The summed E-state index contributed by atoms with van der Waals surface area (Å²) in [6.45, 7) is 3.93. The van der Waals surface area contributed by atoms with Crippen molar-refractivity contribution in [2.75, 3.05) is 19.8 Å². The molecule has 1 saturated carbocycles. The Hall–Kier alpha value is -0.980. The summed E-state index contributed by atoms with van der Waals surface area (Å²) in [5, 5.41) is 4.13. The van der Waals surface area contributed by atoms with Crippen molar-refractivity contribution in [2.45, 2.75) is 50.2 Å². The number of rotatable bonds is 4. The Bertz CT molecular complexity index is 431. The lowest BCUT2D eigenvalue weighted by molar-refractivity contribution is -0.118. The van der Waals surface area contributed by atoms with Crippen LogP contribution in [-0.2, 0) is 20.6 Å². The van der Waals surface area contributed by atoms with E-state index in [4.69, 9.17) is 19.7 Å². The molecule has 0 radical (unpaired) electrons. The molecule has 6 heteroatoms. The highest BCUT2D eigenvalue weighted by molar-refractivity contribution is 5.11. The Morgan fingerprint density at radius 3 is 2.58 bits per heavy atom. The van der Waals surface area contributed by atoms with E-state index in [0.29, 0.717) is 31.5 Å². The Labute approximate surface area is 112 Å². The van der Waals surface area contributed by atoms with Crippen LogP contribution < -0.4 is 5.73 Å². The van der Waals surface area contributed by atoms with E-state index >= 15 is 0 Å². The Kier molecular flexibility index (Phi) is 3.32. The molecule has 1 aromatic rings. The Balaban J connectivity index is 1.86. The molecule has 2 heterocycles. The smallest absolute Gasteiger partial charge is 0.246 e. The molecule has 3 rings (SSSR count). The first-order chi connectivity index (χ1) is 9.19. The van der Waals surface area contributed by atoms with Crippen LogP contribution in [0.5, 0.6) is 0 Å². The first-order valence-electron chi connectivity index (χ1n) is 7.04. The molecule has 0 unspecified atom stereocenters. The van der Waals surface area contributed by atoms with Crippen LogP contribution in [0, 0.1) is 0 Å². The zero-order chi connectivity index (χ0) is 13.3. The van der Waals surface area contributed by atoms with Crippen molar-refractivity contribution in [3.8, 4) is 0 Å². The fraction of sp³-hybridized carbons (Fsp3) is 0.846. The van der Waals surface area contributed by atoms with E-state index in [1.54, 1.807) is 0 Å². The van der Waals surface area contributed by atoms with Gasteiger partial charge in [-0.3, -0.25) is 0 Å². The standard InChI is InChI=1S/C13H21N3O3/c1-2-18-13(6-8-17-9-7-13)10-15-11(19-16-10)12(14)4-3-5-12/h2-9,14H2,1H3. The maximum Gasteiger partial charge on any atom is 0.246 e. The van der Waals surface area contributed by atoms with Crippen LogP contribution in [0.15, 0.2) is 4.52 Å². The summed E-state index contributed by atoms with van der Waals surface area (Å²) in [5.41, 5.74) is 5.35. The minimum Gasteiger partial charge on any atom is -0.381 e. The van der Waals surface area contributed by atoms with Gasteiger partial charge in [0, 0.05) is 32.7 Å². The first kappa shape index (κ1) is 13.0. The highest BCUT2D eigenvalue weighted by Crippen LogP contribution is 2.40. The molecule has 2 aliphatic rings. The minimum absolute atomic E-state index is 0.413. The number of nitrogens with zero attached hydrogens (tertiary/aromatic N) is 2. The van der Waals surface area contributed by atoms with Gasteiger partial charge in [0.15, 0.2) is 0 Å². The van der Waals surface area contributed by atoms with Gasteiger partial charge in [0.25, 0.3) is 0 Å². The molecular formula is C13H21N3O3. The fourth-order valence-electron chi connectivity index (χ4n) is 2.79. The predicted octanol–water partition coefficient (Wildman–Crippen LogP) is 1.45. The van der Waals surface area contributed by atoms with Crippen LogP contribution in [0.25, 0.3) is 0 Å². The van der Waals surface area contributed by atoms with E-state index in [0.717, 1.165) is 32.1 Å². The van der Waals surface area contributed by atoms with Crippen molar-refractivity contribution in [1.29, 1.82) is 0 Å². The van der Waals surface area contributed by atoms with Crippen molar-refractivity contribution < 1.29 is 14.0 Å². The molecule has 0 amide bonds. The third-order valence-corrected chi connectivity index (χ3v) is 4.23. The fourth-order valence-corrected chi connectivity index (χ4v) is 2.79. The molecule has 1 aromatic heterocycles. The second-order valence-corrected chi connectivity index (χ2v) is 5.47. The van der Waals surface area contributed by atoms with Crippen LogP contribution in [-0.4, -0.2) is 30.0 Å². The van der Waals surface area contributed by atoms with Crippen LogP contribution in [0.2, 0.25) is 0 Å². The summed E-state index contributed by atoms with van der Waals surface area (Å²) in [6, 6.07) is 0. The van der Waals surface area contributed by atoms with Gasteiger partial charge in [-0.1, -0.05) is 5.16 Å². The maximum absolute atomic E-state index is 6.22. The lowest BCUT2D eigenvalue weighted by atomic mass is 9.77. The van der Waals surface area contributed by atoms with Crippen LogP contribution in [0.3, 0.4) is 0 Å².